The highest BCUT2D eigenvalue weighted by Crippen LogP contribution is 2.27. The Morgan fingerprint density at radius 2 is 1.70 bits per heavy atom. The molecule has 0 aliphatic carbocycles. The second-order valence-corrected chi connectivity index (χ2v) is 8.30. The highest BCUT2D eigenvalue weighted by atomic mass is 16.2. The summed E-state index contributed by atoms with van der Waals surface area (Å²) in [4.78, 5) is 30.9. The zero-order chi connectivity index (χ0) is 21.7. The predicted molar refractivity (Wildman–Crippen MR) is 119 cm³/mol. The van der Waals surface area contributed by atoms with Gasteiger partial charge in [-0.3, -0.25) is 10.1 Å². The maximum Gasteiger partial charge on any atom is 0.317 e. The number of amides is 3. The van der Waals surface area contributed by atoms with Crippen LogP contribution in [0.2, 0.25) is 0 Å². The molecule has 0 saturated heterocycles. The molecule has 0 aliphatic heterocycles. The summed E-state index contributed by atoms with van der Waals surface area (Å²) in [6, 6.07) is 17.4. The number of hydrogen-bond acceptors (Lipinski definition) is 3. The molecular weight excluding hydrogens is 378 g/mol. The fourth-order valence-corrected chi connectivity index (χ4v) is 3.32. The lowest BCUT2D eigenvalue weighted by Gasteiger charge is -2.24. The number of carbonyl (C=O) groups is 2. The molecule has 3 aromatic rings. The Hall–Kier alpha value is -3.35. The lowest BCUT2D eigenvalue weighted by atomic mass is 10.1. The molecule has 0 aliphatic rings. The number of aromatic nitrogens is 2. The molecule has 0 bridgehead atoms. The van der Waals surface area contributed by atoms with Crippen molar-refractivity contribution in [2.24, 2.45) is 0 Å². The number of para-hydroxylation sites is 2. The van der Waals surface area contributed by atoms with Crippen molar-refractivity contribution in [2.75, 3.05) is 18.9 Å². The highest BCUT2D eigenvalue weighted by Gasteiger charge is 2.22. The summed E-state index contributed by atoms with van der Waals surface area (Å²) in [6.07, 6.45) is 0.165. The summed E-state index contributed by atoms with van der Waals surface area (Å²) in [5.74, 6) is 0.322. The smallest absolute Gasteiger partial charge is 0.317 e. The van der Waals surface area contributed by atoms with Crippen molar-refractivity contribution >= 4 is 28.9 Å². The van der Waals surface area contributed by atoms with Crippen LogP contribution in [0.4, 0.5) is 10.7 Å². The van der Waals surface area contributed by atoms with Gasteiger partial charge < -0.3 is 14.8 Å². The number of fused-ring (bicyclic) bond motifs is 1. The fourth-order valence-electron chi connectivity index (χ4n) is 3.32. The molecule has 30 heavy (non-hydrogen) atoms. The molecule has 0 atom stereocenters. The first-order chi connectivity index (χ1) is 14.3. The van der Waals surface area contributed by atoms with Crippen LogP contribution in [-0.2, 0) is 16.9 Å². The summed E-state index contributed by atoms with van der Waals surface area (Å²) in [6.45, 7) is 6.97. The standard InChI is InChI=1S/C23H29N5O2/c1-23(2,3)28-19-13-9-8-12-18(19)25-21(28)26-20(29)14-15-24-22(30)27(4)16-17-10-6-5-7-11-17/h5-13H,14-16H2,1-4H3,(H,24,30)(H,25,26,29). The van der Waals surface area contributed by atoms with Crippen molar-refractivity contribution in [3.8, 4) is 0 Å². The Bertz CT molecular complexity index is 1020. The Kier molecular flexibility index (Phi) is 6.40. The number of hydrogen-bond donors (Lipinski definition) is 2. The van der Waals surface area contributed by atoms with E-state index in [2.05, 4.69) is 36.4 Å². The minimum absolute atomic E-state index is 0.165. The molecule has 2 N–H and O–H groups in total. The van der Waals surface area contributed by atoms with Gasteiger partial charge in [0.2, 0.25) is 11.9 Å². The van der Waals surface area contributed by atoms with Gasteiger partial charge in [0.1, 0.15) is 0 Å². The number of carbonyl (C=O) groups excluding carboxylic acids is 2. The minimum Gasteiger partial charge on any atom is -0.337 e. The highest BCUT2D eigenvalue weighted by molar-refractivity contribution is 5.92. The maximum atomic E-state index is 12.5. The molecule has 0 saturated carbocycles. The van der Waals surface area contributed by atoms with Crippen molar-refractivity contribution in [1.82, 2.24) is 19.8 Å². The Morgan fingerprint density at radius 1 is 1.03 bits per heavy atom. The molecular formula is C23H29N5O2. The van der Waals surface area contributed by atoms with E-state index >= 15 is 0 Å². The van der Waals surface area contributed by atoms with Gasteiger partial charge in [-0.2, -0.15) is 0 Å². The molecule has 1 heterocycles. The molecule has 158 valence electrons. The van der Waals surface area contributed by atoms with Crippen LogP contribution in [0.3, 0.4) is 0 Å². The molecule has 1 aromatic heterocycles. The molecule has 0 radical (unpaired) electrons. The first-order valence-electron chi connectivity index (χ1n) is 10.1. The predicted octanol–water partition coefficient (Wildman–Crippen LogP) is 3.96. The number of benzene rings is 2. The van der Waals surface area contributed by atoms with Crippen LogP contribution >= 0.6 is 0 Å². The molecule has 7 heteroatoms. The third-order valence-corrected chi connectivity index (χ3v) is 4.72. The van der Waals surface area contributed by atoms with Gasteiger partial charge in [0.05, 0.1) is 11.0 Å². The normalized spacial score (nSPS) is 11.3. The van der Waals surface area contributed by atoms with E-state index in [1.807, 2.05) is 59.2 Å². The van der Waals surface area contributed by atoms with Crippen LogP contribution in [0.15, 0.2) is 54.6 Å². The fraction of sp³-hybridized carbons (Fsp3) is 0.348. The molecule has 7 nitrogen and oxygen atoms in total. The number of rotatable bonds is 6. The topological polar surface area (TPSA) is 79.3 Å². The van der Waals surface area contributed by atoms with Gasteiger partial charge in [-0.1, -0.05) is 42.5 Å². The first kappa shape index (κ1) is 21.4. The van der Waals surface area contributed by atoms with Gasteiger partial charge in [0.15, 0.2) is 0 Å². The minimum atomic E-state index is -0.243. The van der Waals surface area contributed by atoms with Gasteiger partial charge in [-0.25, -0.2) is 9.78 Å². The number of urea groups is 1. The average Bonchev–Trinajstić information content (AvgIpc) is 3.06. The number of nitrogens with zero attached hydrogens (tertiary/aromatic N) is 3. The first-order valence-corrected chi connectivity index (χ1v) is 10.1. The molecule has 0 fully saturated rings. The van der Waals surface area contributed by atoms with E-state index in [1.54, 1.807) is 11.9 Å². The molecule has 0 unspecified atom stereocenters. The zero-order valence-electron chi connectivity index (χ0n) is 18.0. The van der Waals surface area contributed by atoms with Gasteiger partial charge >= 0.3 is 6.03 Å². The Balaban J connectivity index is 1.56. The van der Waals surface area contributed by atoms with Gasteiger partial charge in [0, 0.05) is 32.1 Å². The van der Waals surface area contributed by atoms with E-state index in [4.69, 9.17) is 0 Å². The third-order valence-electron chi connectivity index (χ3n) is 4.72. The van der Waals surface area contributed by atoms with Gasteiger partial charge in [-0.15, -0.1) is 0 Å². The molecule has 2 aromatic carbocycles. The van der Waals surface area contributed by atoms with Gasteiger partial charge in [0.25, 0.3) is 0 Å². The van der Waals surface area contributed by atoms with Crippen LogP contribution in [0.1, 0.15) is 32.8 Å². The molecule has 3 rings (SSSR count). The monoisotopic (exact) mass is 407 g/mol. The second kappa shape index (κ2) is 8.98. The molecule has 3 amide bonds. The van der Waals surface area contributed by atoms with E-state index in [9.17, 15) is 9.59 Å². The van der Waals surface area contributed by atoms with E-state index in [0.29, 0.717) is 12.5 Å². The summed E-state index contributed by atoms with van der Waals surface area (Å²) in [7, 11) is 1.73. The zero-order valence-corrected chi connectivity index (χ0v) is 18.0. The van der Waals surface area contributed by atoms with Crippen LogP contribution in [0.5, 0.6) is 0 Å². The van der Waals surface area contributed by atoms with Crippen LogP contribution in [0.25, 0.3) is 11.0 Å². The summed E-state index contributed by atoms with van der Waals surface area (Å²) in [5, 5.41) is 5.69. The SMILES string of the molecule is CN(Cc1ccccc1)C(=O)NCCC(=O)Nc1nc2ccccc2n1C(C)(C)C. The van der Waals surface area contributed by atoms with E-state index in [0.717, 1.165) is 16.6 Å². The number of imidazole rings is 1. The third kappa shape index (κ3) is 5.17. The van der Waals surface area contributed by atoms with Gasteiger partial charge in [-0.05, 0) is 38.5 Å². The quantitative estimate of drug-likeness (QED) is 0.649. The van der Waals surface area contributed by atoms with E-state index < -0.39 is 0 Å². The lowest BCUT2D eigenvalue weighted by molar-refractivity contribution is -0.116. The Morgan fingerprint density at radius 3 is 2.40 bits per heavy atom. The van der Waals surface area contributed by atoms with E-state index in [-0.39, 0.29) is 30.4 Å². The summed E-state index contributed by atoms with van der Waals surface area (Å²) >= 11 is 0. The lowest BCUT2D eigenvalue weighted by Crippen LogP contribution is -2.38. The van der Waals surface area contributed by atoms with Crippen molar-refractivity contribution in [3.63, 3.8) is 0 Å². The van der Waals surface area contributed by atoms with E-state index in [1.165, 1.54) is 0 Å². The van der Waals surface area contributed by atoms with Crippen LogP contribution < -0.4 is 10.6 Å². The van der Waals surface area contributed by atoms with Crippen molar-refractivity contribution in [1.29, 1.82) is 0 Å². The van der Waals surface area contributed by atoms with Crippen LogP contribution in [-0.4, -0.2) is 40.0 Å². The summed E-state index contributed by atoms with van der Waals surface area (Å²) < 4.78 is 2.02. The van der Waals surface area contributed by atoms with Crippen molar-refractivity contribution in [2.45, 2.75) is 39.3 Å². The maximum absolute atomic E-state index is 12.5. The molecule has 0 spiro atoms. The largest absolute Gasteiger partial charge is 0.337 e. The number of nitrogens with one attached hydrogen (secondary N) is 2. The van der Waals surface area contributed by atoms with Crippen molar-refractivity contribution < 1.29 is 9.59 Å². The van der Waals surface area contributed by atoms with Crippen molar-refractivity contribution in [3.05, 3.63) is 60.2 Å². The number of anilines is 1. The average molecular weight is 408 g/mol. The summed E-state index contributed by atoms with van der Waals surface area (Å²) in [5.41, 5.74) is 2.61. The Labute approximate surface area is 177 Å². The van der Waals surface area contributed by atoms with Crippen LogP contribution in [0, 0.1) is 0 Å². The second-order valence-electron chi connectivity index (χ2n) is 8.30.